The number of aryl methyl sites for hydroxylation is 1. The number of nitriles is 1. The fraction of sp³-hybridized carbons (Fsp3) is 0.364. The number of anilines is 1. The average Bonchev–Trinajstić information content (AvgIpc) is 3.35. The number of aromatic nitrogens is 2. The van der Waals surface area contributed by atoms with Gasteiger partial charge in [-0.25, -0.2) is 9.37 Å². The van der Waals surface area contributed by atoms with E-state index >= 15 is 0 Å². The molecule has 1 saturated heterocycles. The summed E-state index contributed by atoms with van der Waals surface area (Å²) in [4.78, 5) is 22.1. The molecule has 0 radical (unpaired) electrons. The lowest BCUT2D eigenvalue weighted by molar-refractivity contribution is 0.0782. The number of benzene rings is 3. The van der Waals surface area contributed by atoms with E-state index < -0.39 is 0 Å². The minimum atomic E-state index is -0.253. The molecule has 0 aliphatic carbocycles. The zero-order valence-corrected chi connectivity index (χ0v) is 23.5. The number of carbonyl (C=O) groups excluding carboxylic acids is 1. The predicted molar refractivity (Wildman–Crippen MR) is 160 cm³/mol. The topological polar surface area (TPSA) is 77.2 Å². The van der Waals surface area contributed by atoms with Crippen molar-refractivity contribution in [3.63, 3.8) is 0 Å². The number of para-hydroxylation sites is 2. The smallest absolute Gasteiger partial charge is 0.253 e. The number of piperidine rings is 1. The van der Waals surface area contributed by atoms with E-state index in [-0.39, 0.29) is 17.6 Å². The van der Waals surface area contributed by atoms with Crippen molar-refractivity contribution in [3.8, 4) is 6.07 Å². The highest BCUT2D eigenvalue weighted by Crippen LogP contribution is 2.26. The van der Waals surface area contributed by atoms with Crippen LogP contribution in [0.25, 0.3) is 11.0 Å². The zero-order chi connectivity index (χ0) is 28.6. The standard InChI is InChI=1S/C33H37FN6O/c1-38(32(41)26-8-3-2-4-9-26)24-27(25-12-14-28(34)15-13-25)16-21-39-22-17-29(18-23-39)36-33-37-30-10-5-6-11-31(30)40(33)20-7-19-35/h2-6,8-15,27,29H,7,16-18,20-24H2,1H3,(H,36,37). The van der Waals surface area contributed by atoms with Gasteiger partial charge in [-0.3, -0.25) is 4.79 Å². The number of halogens is 1. The molecule has 1 N–H and O–H groups in total. The van der Waals surface area contributed by atoms with Gasteiger partial charge < -0.3 is 19.7 Å². The van der Waals surface area contributed by atoms with Gasteiger partial charge in [0.2, 0.25) is 5.95 Å². The van der Waals surface area contributed by atoms with Crippen LogP contribution in [-0.2, 0) is 6.54 Å². The molecule has 1 aliphatic heterocycles. The third-order valence-electron chi connectivity index (χ3n) is 8.02. The number of nitrogens with zero attached hydrogens (tertiary/aromatic N) is 5. The normalized spacial score (nSPS) is 15.0. The molecule has 1 fully saturated rings. The minimum absolute atomic E-state index is 0.00890. The van der Waals surface area contributed by atoms with Crippen LogP contribution in [0.5, 0.6) is 0 Å². The van der Waals surface area contributed by atoms with Gasteiger partial charge in [0.15, 0.2) is 0 Å². The summed E-state index contributed by atoms with van der Waals surface area (Å²) in [6.45, 7) is 4.01. The number of likely N-dealkylation sites (tertiary alicyclic amines) is 1. The van der Waals surface area contributed by atoms with E-state index in [2.05, 4.69) is 26.9 Å². The van der Waals surface area contributed by atoms with E-state index in [0.29, 0.717) is 31.1 Å². The molecular weight excluding hydrogens is 515 g/mol. The molecule has 41 heavy (non-hydrogen) atoms. The molecule has 8 heteroatoms. The Morgan fingerprint density at radius 3 is 2.49 bits per heavy atom. The average molecular weight is 553 g/mol. The van der Waals surface area contributed by atoms with Crippen LogP contribution >= 0.6 is 0 Å². The van der Waals surface area contributed by atoms with Gasteiger partial charge in [-0.1, -0.05) is 42.5 Å². The van der Waals surface area contributed by atoms with Crippen LogP contribution in [0.4, 0.5) is 10.3 Å². The third-order valence-corrected chi connectivity index (χ3v) is 8.02. The number of fused-ring (bicyclic) bond motifs is 1. The van der Waals surface area contributed by atoms with Gasteiger partial charge in [-0.05, 0) is 67.8 Å². The van der Waals surface area contributed by atoms with Crippen molar-refractivity contribution in [2.75, 3.05) is 38.5 Å². The fourth-order valence-corrected chi connectivity index (χ4v) is 5.71. The number of amides is 1. The molecule has 1 unspecified atom stereocenters. The molecule has 0 saturated carbocycles. The molecule has 0 spiro atoms. The van der Waals surface area contributed by atoms with E-state index in [1.807, 2.05) is 67.7 Å². The Kier molecular flexibility index (Phi) is 9.27. The van der Waals surface area contributed by atoms with Gasteiger partial charge in [-0.15, -0.1) is 0 Å². The molecule has 212 valence electrons. The Hall–Kier alpha value is -4.22. The second-order valence-electron chi connectivity index (χ2n) is 10.8. The number of rotatable bonds is 11. The number of nitrogens with one attached hydrogen (secondary N) is 1. The maximum absolute atomic E-state index is 13.7. The van der Waals surface area contributed by atoms with Gasteiger partial charge in [0.25, 0.3) is 5.91 Å². The summed E-state index contributed by atoms with van der Waals surface area (Å²) in [6, 6.07) is 26.6. The fourth-order valence-electron chi connectivity index (χ4n) is 5.71. The van der Waals surface area contributed by atoms with E-state index in [1.165, 1.54) is 12.1 Å². The van der Waals surface area contributed by atoms with Crippen LogP contribution in [-0.4, -0.2) is 64.5 Å². The summed E-state index contributed by atoms with van der Waals surface area (Å²) in [7, 11) is 1.84. The Morgan fingerprint density at radius 2 is 1.76 bits per heavy atom. The lowest BCUT2D eigenvalue weighted by atomic mass is 9.94. The van der Waals surface area contributed by atoms with Crippen molar-refractivity contribution in [1.82, 2.24) is 19.4 Å². The van der Waals surface area contributed by atoms with Crippen molar-refractivity contribution < 1.29 is 9.18 Å². The van der Waals surface area contributed by atoms with Gasteiger partial charge in [0.1, 0.15) is 5.82 Å². The first-order valence-electron chi connectivity index (χ1n) is 14.4. The van der Waals surface area contributed by atoms with Crippen LogP contribution in [0.2, 0.25) is 0 Å². The number of likely N-dealkylation sites (N-methyl/N-ethyl adjacent to an activating group) is 1. The summed E-state index contributed by atoms with van der Waals surface area (Å²) in [6.07, 6.45) is 3.30. The molecular formula is C33H37FN6O. The van der Waals surface area contributed by atoms with E-state index in [0.717, 1.165) is 61.4 Å². The highest BCUT2D eigenvalue weighted by atomic mass is 19.1. The van der Waals surface area contributed by atoms with Crippen LogP contribution in [0.15, 0.2) is 78.9 Å². The van der Waals surface area contributed by atoms with Gasteiger partial charge >= 0.3 is 0 Å². The molecule has 7 nitrogen and oxygen atoms in total. The molecule has 1 atom stereocenters. The summed E-state index contributed by atoms with van der Waals surface area (Å²) in [5.41, 5.74) is 3.70. The summed E-state index contributed by atoms with van der Waals surface area (Å²) in [5.74, 6) is 0.675. The van der Waals surface area contributed by atoms with Crippen LogP contribution in [0, 0.1) is 17.1 Å². The Bertz CT molecular complexity index is 1470. The number of hydrogen-bond donors (Lipinski definition) is 1. The van der Waals surface area contributed by atoms with E-state index in [4.69, 9.17) is 10.2 Å². The van der Waals surface area contributed by atoms with Crippen molar-refractivity contribution in [2.24, 2.45) is 0 Å². The summed E-state index contributed by atoms with van der Waals surface area (Å²) < 4.78 is 15.8. The third kappa shape index (κ3) is 7.11. The zero-order valence-electron chi connectivity index (χ0n) is 23.5. The molecule has 4 aromatic rings. The van der Waals surface area contributed by atoms with E-state index in [1.54, 1.807) is 4.90 Å². The second kappa shape index (κ2) is 13.4. The quantitative estimate of drug-likeness (QED) is 0.250. The number of imidazole rings is 1. The lowest BCUT2D eigenvalue weighted by Crippen LogP contribution is -2.40. The first-order valence-corrected chi connectivity index (χ1v) is 14.4. The molecule has 0 bridgehead atoms. The highest BCUT2D eigenvalue weighted by Gasteiger charge is 2.24. The minimum Gasteiger partial charge on any atom is -0.353 e. The predicted octanol–water partition coefficient (Wildman–Crippen LogP) is 5.91. The Morgan fingerprint density at radius 1 is 1.05 bits per heavy atom. The number of hydrogen-bond acceptors (Lipinski definition) is 5. The first-order chi connectivity index (χ1) is 20.0. The lowest BCUT2D eigenvalue weighted by Gasteiger charge is -2.34. The summed E-state index contributed by atoms with van der Waals surface area (Å²) >= 11 is 0. The Labute approximate surface area is 241 Å². The molecule has 3 aromatic carbocycles. The van der Waals surface area contributed by atoms with Crippen LogP contribution in [0.1, 0.15) is 47.5 Å². The van der Waals surface area contributed by atoms with Crippen molar-refractivity contribution in [3.05, 3.63) is 95.8 Å². The Balaban J connectivity index is 1.19. The number of carbonyl (C=O) groups is 1. The van der Waals surface area contributed by atoms with E-state index in [9.17, 15) is 9.18 Å². The van der Waals surface area contributed by atoms with Crippen LogP contribution in [0.3, 0.4) is 0 Å². The molecule has 1 aromatic heterocycles. The van der Waals surface area contributed by atoms with Crippen LogP contribution < -0.4 is 5.32 Å². The maximum Gasteiger partial charge on any atom is 0.253 e. The first kappa shape index (κ1) is 28.3. The van der Waals surface area contributed by atoms with Crippen molar-refractivity contribution in [2.45, 2.75) is 44.2 Å². The molecule has 5 rings (SSSR count). The maximum atomic E-state index is 13.7. The van der Waals surface area contributed by atoms with Gasteiger partial charge in [0, 0.05) is 50.7 Å². The molecule has 2 heterocycles. The van der Waals surface area contributed by atoms with Crippen molar-refractivity contribution in [1.29, 1.82) is 5.26 Å². The molecule has 1 aliphatic rings. The largest absolute Gasteiger partial charge is 0.353 e. The summed E-state index contributed by atoms with van der Waals surface area (Å²) in [5, 5.41) is 12.8. The van der Waals surface area contributed by atoms with Gasteiger partial charge in [0.05, 0.1) is 23.5 Å². The monoisotopic (exact) mass is 552 g/mol. The SMILES string of the molecule is CN(CC(CCN1CCC(Nc2nc3ccccc3n2CCC#N)CC1)c1ccc(F)cc1)C(=O)c1ccccc1. The second-order valence-corrected chi connectivity index (χ2v) is 10.8. The van der Waals surface area contributed by atoms with Crippen molar-refractivity contribution >= 4 is 22.9 Å². The highest BCUT2D eigenvalue weighted by molar-refractivity contribution is 5.94. The molecule has 1 amide bonds. The van der Waals surface area contributed by atoms with Gasteiger partial charge in [-0.2, -0.15) is 5.26 Å².